The van der Waals surface area contributed by atoms with Gasteiger partial charge in [-0.05, 0) is 19.1 Å². The van der Waals surface area contributed by atoms with Crippen molar-refractivity contribution in [3.05, 3.63) is 17.8 Å². The van der Waals surface area contributed by atoms with Gasteiger partial charge in [0.05, 0.1) is 19.3 Å². The lowest BCUT2D eigenvalue weighted by Crippen LogP contribution is -2.43. The first kappa shape index (κ1) is 15.2. The number of amides is 1. The summed E-state index contributed by atoms with van der Waals surface area (Å²) in [6, 6.07) is 2.75. The number of nitrogens with one attached hydrogen (secondary N) is 1. The van der Waals surface area contributed by atoms with Gasteiger partial charge in [-0.25, -0.2) is 0 Å². The van der Waals surface area contributed by atoms with Gasteiger partial charge in [0.1, 0.15) is 11.2 Å². The second-order valence-electron chi connectivity index (χ2n) is 5.44. The zero-order valence-corrected chi connectivity index (χ0v) is 12.2. The predicted molar refractivity (Wildman–Crippen MR) is 74.0 cm³/mol. The van der Waals surface area contributed by atoms with Gasteiger partial charge >= 0.3 is 5.97 Å². The van der Waals surface area contributed by atoms with Crippen LogP contribution in [0.15, 0.2) is 12.1 Å². The van der Waals surface area contributed by atoms with E-state index in [0.29, 0.717) is 5.82 Å². The third kappa shape index (κ3) is 2.94. The van der Waals surface area contributed by atoms with Crippen LogP contribution in [0.4, 0.5) is 5.82 Å². The van der Waals surface area contributed by atoms with Crippen LogP contribution in [0, 0.1) is 5.41 Å². The molecule has 2 unspecified atom stereocenters. The topological polar surface area (TPSA) is 105 Å². The van der Waals surface area contributed by atoms with Crippen molar-refractivity contribution >= 4 is 17.7 Å². The van der Waals surface area contributed by atoms with E-state index in [0.717, 1.165) is 0 Å². The van der Waals surface area contributed by atoms with Crippen LogP contribution < -0.4 is 5.32 Å². The zero-order chi connectivity index (χ0) is 15.6. The van der Waals surface area contributed by atoms with Gasteiger partial charge in [0, 0.05) is 14.1 Å². The van der Waals surface area contributed by atoms with Crippen LogP contribution in [0.25, 0.3) is 0 Å². The van der Waals surface area contributed by atoms with E-state index in [4.69, 9.17) is 4.74 Å². The molecule has 2 heterocycles. The predicted octanol–water partition coefficient (Wildman–Crippen LogP) is 0.0800. The van der Waals surface area contributed by atoms with Crippen LogP contribution in [0.1, 0.15) is 17.4 Å². The Kier molecular flexibility index (Phi) is 4.08. The van der Waals surface area contributed by atoms with E-state index in [1.165, 1.54) is 4.90 Å². The van der Waals surface area contributed by atoms with E-state index < -0.39 is 17.4 Å². The molecule has 1 fully saturated rings. The minimum absolute atomic E-state index is 0.143. The maximum absolute atomic E-state index is 11.7. The van der Waals surface area contributed by atoms with Gasteiger partial charge in [-0.1, -0.05) is 0 Å². The third-order valence-corrected chi connectivity index (χ3v) is 3.56. The largest absolute Gasteiger partial charge is 0.481 e. The zero-order valence-electron chi connectivity index (χ0n) is 12.2. The second-order valence-corrected chi connectivity index (χ2v) is 5.44. The number of aromatic nitrogens is 2. The fourth-order valence-corrected chi connectivity index (χ4v) is 2.02. The lowest BCUT2D eigenvalue weighted by atomic mass is 9.85. The highest BCUT2D eigenvalue weighted by atomic mass is 16.5. The number of nitrogens with zero attached hydrogens (tertiary/aromatic N) is 3. The Balaban J connectivity index is 2.10. The molecule has 1 saturated heterocycles. The summed E-state index contributed by atoms with van der Waals surface area (Å²) >= 11 is 0. The maximum Gasteiger partial charge on any atom is 0.313 e. The molecule has 1 aromatic heterocycles. The van der Waals surface area contributed by atoms with Gasteiger partial charge < -0.3 is 20.1 Å². The SMILES string of the molecule is CN(C)C(=O)c1ccc(NC2COCC2(C)C(=O)O)nn1. The number of rotatable bonds is 4. The lowest BCUT2D eigenvalue weighted by Gasteiger charge is -2.25. The summed E-state index contributed by atoms with van der Waals surface area (Å²) in [5, 5.41) is 20.1. The summed E-state index contributed by atoms with van der Waals surface area (Å²) in [5.74, 6) is -0.758. The summed E-state index contributed by atoms with van der Waals surface area (Å²) in [7, 11) is 3.26. The Morgan fingerprint density at radius 1 is 1.43 bits per heavy atom. The van der Waals surface area contributed by atoms with E-state index in [1.54, 1.807) is 33.2 Å². The van der Waals surface area contributed by atoms with Gasteiger partial charge in [-0.3, -0.25) is 9.59 Å². The highest BCUT2D eigenvalue weighted by molar-refractivity contribution is 5.91. The van der Waals surface area contributed by atoms with Crippen molar-refractivity contribution in [3.8, 4) is 0 Å². The van der Waals surface area contributed by atoms with Crippen molar-refractivity contribution in [2.24, 2.45) is 5.41 Å². The molecule has 2 atom stereocenters. The minimum atomic E-state index is -1.01. The highest BCUT2D eigenvalue weighted by Gasteiger charge is 2.46. The normalized spacial score (nSPS) is 24.6. The molecule has 0 saturated carbocycles. The Bertz CT molecular complexity index is 546. The molecular weight excluding hydrogens is 276 g/mol. The van der Waals surface area contributed by atoms with Crippen molar-refractivity contribution in [1.29, 1.82) is 0 Å². The number of anilines is 1. The fraction of sp³-hybridized carbons (Fsp3) is 0.538. The van der Waals surface area contributed by atoms with Crippen LogP contribution in [0.2, 0.25) is 0 Å². The van der Waals surface area contributed by atoms with Crippen molar-refractivity contribution in [2.75, 3.05) is 32.6 Å². The standard InChI is InChI=1S/C13H18N4O4/c1-13(12(19)20)7-21-6-9(13)14-10-5-4-8(15-16-10)11(18)17(2)3/h4-5,9H,6-7H2,1-3H3,(H,14,16)(H,19,20). The first-order chi connectivity index (χ1) is 9.84. The number of carbonyl (C=O) groups excluding carboxylic acids is 1. The summed E-state index contributed by atoms with van der Waals surface area (Å²) in [4.78, 5) is 24.4. The Labute approximate surface area is 122 Å². The summed E-state index contributed by atoms with van der Waals surface area (Å²) in [5.41, 5.74) is -0.783. The number of carboxylic acids is 1. The molecule has 8 heteroatoms. The molecule has 1 aliphatic rings. The molecule has 2 rings (SSSR count). The fourth-order valence-electron chi connectivity index (χ4n) is 2.02. The Morgan fingerprint density at radius 3 is 2.67 bits per heavy atom. The summed E-state index contributed by atoms with van der Waals surface area (Å²) in [6.45, 7) is 2.05. The van der Waals surface area contributed by atoms with Crippen LogP contribution in [-0.4, -0.2) is 65.4 Å². The summed E-state index contributed by atoms with van der Waals surface area (Å²) in [6.07, 6.45) is 0. The van der Waals surface area contributed by atoms with Gasteiger partial charge in [-0.2, -0.15) is 0 Å². The van der Waals surface area contributed by atoms with Crippen molar-refractivity contribution in [1.82, 2.24) is 15.1 Å². The van der Waals surface area contributed by atoms with E-state index in [1.807, 2.05) is 0 Å². The molecule has 1 amide bonds. The van der Waals surface area contributed by atoms with Crippen LogP contribution in [0.5, 0.6) is 0 Å². The van der Waals surface area contributed by atoms with Crippen LogP contribution >= 0.6 is 0 Å². The summed E-state index contributed by atoms with van der Waals surface area (Å²) < 4.78 is 5.25. The molecule has 21 heavy (non-hydrogen) atoms. The maximum atomic E-state index is 11.7. The number of carbonyl (C=O) groups is 2. The number of ether oxygens (including phenoxy) is 1. The Morgan fingerprint density at radius 2 is 2.14 bits per heavy atom. The second kappa shape index (κ2) is 5.65. The van der Waals surface area contributed by atoms with Crippen molar-refractivity contribution in [3.63, 3.8) is 0 Å². The lowest BCUT2D eigenvalue weighted by molar-refractivity contribution is -0.148. The van der Waals surface area contributed by atoms with E-state index in [2.05, 4.69) is 15.5 Å². The molecule has 0 radical (unpaired) electrons. The quantitative estimate of drug-likeness (QED) is 0.810. The third-order valence-electron chi connectivity index (χ3n) is 3.56. The molecule has 114 valence electrons. The average molecular weight is 294 g/mol. The van der Waals surface area contributed by atoms with E-state index in [9.17, 15) is 14.7 Å². The minimum Gasteiger partial charge on any atom is -0.481 e. The van der Waals surface area contributed by atoms with Crippen molar-refractivity contribution < 1.29 is 19.4 Å². The highest BCUT2D eigenvalue weighted by Crippen LogP contribution is 2.30. The van der Waals surface area contributed by atoms with Gasteiger partial charge in [0.2, 0.25) is 0 Å². The van der Waals surface area contributed by atoms with Crippen LogP contribution in [-0.2, 0) is 9.53 Å². The van der Waals surface area contributed by atoms with Gasteiger partial charge in [-0.15, -0.1) is 10.2 Å². The molecule has 0 spiro atoms. The monoisotopic (exact) mass is 294 g/mol. The van der Waals surface area contributed by atoms with Gasteiger partial charge in [0.25, 0.3) is 5.91 Å². The van der Waals surface area contributed by atoms with Crippen molar-refractivity contribution in [2.45, 2.75) is 13.0 Å². The molecule has 0 aliphatic carbocycles. The number of hydrogen-bond acceptors (Lipinski definition) is 6. The molecule has 1 aromatic rings. The van der Waals surface area contributed by atoms with Gasteiger partial charge in [0.15, 0.2) is 5.69 Å². The molecule has 0 aromatic carbocycles. The van der Waals surface area contributed by atoms with E-state index >= 15 is 0 Å². The first-order valence-electron chi connectivity index (χ1n) is 6.47. The number of aliphatic carboxylic acids is 1. The van der Waals surface area contributed by atoms with Crippen LogP contribution in [0.3, 0.4) is 0 Å². The average Bonchev–Trinajstić information content (AvgIpc) is 2.81. The molecule has 2 N–H and O–H groups in total. The molecule has 8 nitrogen and oxygen atoms in total. The number of carboxylic acid groups (broad SMARTS) is 1. The first-order valence-corrected chi connectivity index (χ1v) is 6.47. The smallest absolute Gasteiger partial charge is 0.313 e. The molecule has 0 bridgehead atoms. The molecular formula is C13H18N4O4. The molecule has 1 aliphatic heterocycles. The van der Waals surface area contributed by atoms with E-state index in [-0.39, 0.29) is 24.8 Å². The Hall–Kier alpha value is -2.22. The number of hydrogen-bond donors (Lipinski definition) is 2.